The Hall–Kier alpha value is -3.04. The molecule has 1 aromatic rings. The first-order valence-electron chi connectivity index (χ1n) is 13.4. The SMILES string of the molecule is C=C=C(C(=O)OCC)C1=C(NCC(=O)C2CCCN(c3ccc(C(=C)C)c(C)c3C)CC2)CCCC1. The van der Waals surface area contributed by atoms with Crippen molar-refractivity contribution in [3.63, 3.8) is 0 Å². The molecule has 0 amide bonds. The largest absolute Gasteiger partial charge is 0.462 e. The van der Waals surface area contributed by atoms with Crippen LogP contribution in [-0.4, -0.2) is 38.0 Å². The number of rotatable bonds is 9. The predicted molar refractivity (Wildman–Crippen MR) is 148 cm³/mol. The summed E-state index contributed by atoms with van der Waals surface area (Å²) < 4.78 is 5.20. The third-order valence-corrected chi connectivity index (χ3v) is 7.64. The van der Waals surface area contributed by atoms with Crippen LogP contribution in [0.3, 0.4) is 0 Å². The van der Waals surface area contributed by atoms with Crippen molar-refractivity contribution in [2.45, 2.75) is 72.6 Å². The fourth-order valence-electron chi connectivity index (χ4n) is 5.49. The second kappa shape index (κ2) is 12.8. The van der Waals surface area contributed by atoms with E-state index in [0.29, 0.717) is 18.7 Å². The van der Waals surface area contributed by atoms with Gasteiger partial charge in [-0.15, -0.1) is 5.73 Å². The van der Waals surface area contributed by atoms with E-state index in [4.69, 9.17) is 4.74 Å². The van der Waals surface area contributed by atoms with Crippen LogP contribution in [-0.2, 0) is 14.3 Å². The van der Waals surface area contributed by atoms with E-state index in [0.717, 1.165) is 74.9 Å². The quantitative estimate of drug-likeness (QED) is 0.254. The molecule has 1 heterocycles. The zero-order chi connectivity index (χ0) is 26.2. The van der Waals surface area contributed by atoms with Crippen LogP contribution < -0.4 is 10.2 Å². The Labute approximate surface area is 217 Å². The highest BCUT2D eigenvalue weighted by molar-refractivity contribution is 5.93. The normalized spacial score (nSPS) is 18.2. The monoisotopic (exact) mass is 490 g/mol. The molecule has 1 aromatic carbocycles. The molecule has 1 atom stereocenters. The molecule has 3 rings (SSSR count). The van der Waals surface area contributed by atoms with Crippen LogP contribution >= 0.6 is 0 Å². The van der Waals surface area contributed by atoms with Crippen molar-refractivity contribution in [1.29, 1.82) is 0 Å². The first-order chi connectivity index (χ1) is 17.3. The first-order valence-corrected chi connectivity index (χ1v) is 13.4. The third kappa shape index (κ3) is 6.39. The van der Waals surface area contributed by atoms with Crippen molar-refractivity contribution in [1.82, 2.24) is 5.32 Å². The van der Waals surface area contributed by atoms with E-state index in [2.05, 4.69) is 62.0 Å². The van der Waals surface area contributed by atoms with E-state index in [1.807, 2.05) is 0 Å². The van der Waals surface area contributed by atoms with E-state index in [9.17, 15) is 9.59 Å². The summed E-state index contributed by atoms with van der Waals surface area (Å²) in [6.07, 6.45) is 6.40. The summed E-state index contributed by atoms with van der Waals surface area (Å²) >= 11 is 0. The second-order valence-corrected chi connectivity index (χ2v) is 10.0. The summed E-state index contributed by atoms with van der Waals surface area (Å²) in [5, 5.41) is 3.39. The van der Waals surface area contributed by atoms with Crippen molar-refractivity contribution in [3.8, 4) is 0 Å². The molecule has 1 saturated heterocycles. The third-order valence-electron chi connectivity index (χ3n) is 7.64. The zero-order valence-corrected chi connectivity index (χ0v) is 22.6. The molecule has 2 aliphatic rings. The highest BCUT2D eigenvalue weighted by Gasteiger charge is 2.26. The van der Waals surface area contributed by atoms with Crippen molar-refractivity contribution in [3.05, 3.63) is 64.6 Å². The van der Waals surface area contributed by atoms with Gasteiger partial charge in [-0.2, -0.15) is 0 Å². The van der Waals surface area contributed by atoms with Gasteiger partial charge >= 0.3 is 5.97 Å². The van der Waals surface area contributed by atoms with Crippen LogP contribution in [0.4, 0.5) is 5.69 Å². The number of esters is 1. The lowest BCUT2D eigenvalue weighted by Crippen LogP contribution is -2.31. The fourth-order valence-corrected chi connectivity index (χ4v) is 5.49. The molecule has 0 bridgehead atoms. The molecular weight excluding hydrogens is 448 g/mol. The van der Waals surface area contributed by atoms with Gasteiger partial charge in [-0.25, -0.2) is 4.79 Å². The summed E-state index contributed by atoms with van der Waals surface area (Å²) in [6.45, 7) is 18.5. The highest BCUT2D eigenvalue weighted by Crippen LogP contribution is 2.32. The van der Waals surface area contributed by atoms with E-state index < -0.39 is 0 Å². The highest BCUT2D eigenvalue weighted by atomic mass is 16.5. The minimum absolute atomic E-state index is 0.0470. The molecule has 1 unspecified atom stereocenters. The number of benzene rings is 1. The number of carbonyl (C=O) groups is 2. The Kier molecular flexibility index (Phi) is 9.78. The van der Waals surface area contributed by atoms with E-state index >= 15 is 0 Å². The molecule has 0 aromatic heterocycles. The number of hydrogen-bond acceptors (Lipinski definition) is 5. The maximum Gasteiger partial charge on any atom is 0.346 e. The second-order valence-electron chi connectivity index (χ2n) is 10.0. The van der Waals surface area contributed by atoms with Crippen molar-refractivity contribution < 1.29 is 14.3 Å². The van der Waals surface area contributed by atoms with Crippen LogP contribution in [0.15, 0.2) is 47.9 Å². The van der Waals surface area contributed by atoms with Gasteiger partial charge in [-0.1, -0.05) is 24.8 Å². The predicted octanol–water partition coefficient (Wildman–Crippen LogP) is 6.20. The van der Waals surface area contributed by atoms with Gasteiger partial charge in [0.2, 0.25) is 0 Å². The Morgan fingerprint density at radius 2 is 1.86 bits per heavy atom. The number of allylic oxidation sites excluding steroid dienone is 2. The average Bonchev–Trinajstić information content (AvgIpc) is 3.11. The minimum atomic E-state index is -0.388. The number of ketones is 1. The van der Waals surface area contributed by atoms with Crippen molar-refractivity contribution >= 4 is 23.0 Å². The molecule has 5 heteroatoms. The molecule has 0 saturated carbocycles. The van der Waals surface area contributed by atoms with Gasteiger partial charge in [0.25, 0.3) is 0 Å². The van der Waals surface area contributed by atoms with E-state index in [1.54, 1.807) is 6.92 Å². The van der Waals surface area contributed by atoms with Gasteiger partial charge < -0.3 is 15.0 Å². The van der Waals surface area contributed by atoms with Gasteiger partial charge in [-0.05, 0) is 101 Å². The molecule has 1 aliphatic heterocycles. The van der Waals surface area contributed by atoms with Crippen LogP contribution in [0, 0.1) is 19.8 Å². The van der Waals surface area contributed by atoms with Gasteiger partial charge in [0.05, 0.1) is 13.2 Å². The van der Waals surface area contributed by atoms with Gasteiger partial charge in [0.1, 0.15) is 5.57 Å². The average molecular weight is 491 g/mol. The maximum atomic E-state index is 13.2. The number of carbonyl (C=O) groups excluding carboxylic acids is 2. The fraction of sp³-hybridized carbons (Fsp3) is 0.516. The molecule has 0 spiro atoms. The molecule has 0 radical (unpaired) electrons. The van der Waals surface area contributed by atoms with E-state index in [1.165, 1.54) is 22.4 Å². The number of nitrogens with zero attached hydrogens (tertiary/aromatic N) is 1. The summed E-state index contributed by atoms with van der Waals surface area (Å²) in [6, 6.07) is 4.39. The first kappa shape index (κ1) is 27.5. The Balaban J connectivity index is 1.66. The Morgan fingerprint density at radius 3 is 2.56 bits per heavy atom. The number of anilines is 1. The number of hydrogen-bond donors (Lipinski definition) is 1. The lowest BCUT2D eigenvalue weighted by atomic mass is 9.90. The summed E-state index contributed by atoms with van der Waals surface area (Å²) in [5.74, 6) is -0.0912. The molecule has 1 fully saturated rings. The lowest BCUT2D eigenvalue weighted by Gasteiger charge is -2.27. The van der Waals surface area contributed by atoms with Crippen molar-refractivity contribution in [2.24, 2.45) is 5.92 Å². The molecule has 1 N–H and O–H groups in total. The number of Topliss-reactive ketones (excluding diaryl/α,β-unsaturated/α-hetero) is 1. The summed E-state index contributed by atoms with van der Waals surface area (Å²) in [7, 11) is 0. The Morgan fingerprint density at radius 1 is 1.11 bits per heavy atom. The minimum Gasteiger partial charge on any atom is -0.462 e. The van der Waals surface area contributed by atoms with E-state index in [-0.39, 0.29) is 17.7 Å². The van der Waals surface area contributed by atoms with Crippen LogP contribution in [0.2, 0.25) is 0 Å². The van der Waals surface area contributed by atoms with Gasteiger partial charge in [-0.3, -0.25) is 4.79 Å². The zero-order valence-electron chi connectivity index (χ0n) is 22.6. The summed E-state index contributed by atoms with van der Waals surface area (Å²) in [4.78, 5) is 28.0. The van der Waals surface area contributed by atoms with Gasteiger partial charge in [0, 0.05) is 30.4 Å². The maximum absolute atomic E-state index is 13.2. The topological polar surface area (TPSA) is 58.6 Å². The van der Waals surface area contributed by atoms with Gasteiger partial charge in [0.15, 0.2) is 5.78 Å². The lowest BCUT2D eigenvalue weighted by molar-refractivity contribution is -0.138. The summed E-state index contributed by atoms with van der Waals surface area (Å²) in [5.41, 5.74) is 11.2. The van der Waals surface area contributed by atoms with Crippen molar-refractivity contribution in [2.75, 3.05) is 31.1 Å². The molecule has 36 heavy (non-hydrogen) atoms. The Bertz CT molecular complexity index is 1090. The molecule has 194 valence electrons. The van der Waals surface area contributed by atoms with Crippen LogP contribution in [0.5, 0.6) is 0 Å². The molecular formula is C31H42N2O3. The number of nitrogens with one attached hydrogen (secondary N) is 1. The van der Waals surface area contributed by atoms with Crippen LogP contribution in [0.25, 0.3) is 5.57 Å². The molecule has 5 nitrogen and oxygen atoms in total. The smallest absolute Gasteiger partial charge is 0.346 e. The standard InChI is InChI=1S/C31H42N2O3/c1-7-25(31(35)36-8-2)27-13-9-10-14-28(27)32-20-30(34)24-12-11-18-33(19-17-24)29-16-15-26(21(3)4)22(5)23(29)6/h15-16,24,32H,1,3,8-14,17-20H2,2,4-6H3. The van der Waals surface area contributed by atoms with Crippen LogP contribution in [0.1, 0.15) is 75.5 Å². The molecule has 1 aliphatic carbocycles. The number of ether oxygens (including phenoxy) is 1.